The van der Waals surface area contributed by atoms with Crippen LogP contribution < -0.4 is 10.5 Å². The molecule has 0 bridgehead atoms. The lowest BCUT2D eigenvalue weighted by atomic mass is 10.1. The Balaban J connectivity index is 2.37. The van der Waals surface area contributed by atoms with Gasteiger partial charge in [0.2, 0.25) is 0 Å². The molecule has 0 aromatic heterocycles. The van der Waals surface area contributed by atoms with E-state index in [2.05, 4.69) is 15.9 Å². The quantitative estimate of drug-likeness (QED) is 0.773. The molecule has 2 aromatic carbocycles. The van der Waals surface area contributed by atoms with Crippen LogP contribution in [0.4, 0.5) is 0 Å². The minimum atomic E-state index is 0.0243. The average Bonchev–Trinajstić information content (AvgIpc) is 2.35. The predicted octanol–water partition coefficient (Wildman–Crippen LogP) is 5.44. The lowest BCUT2D eigenvalue weighted by molar-refractivity contribution is 0.474. The van der Waals surface area contributed by atoms with Crippen molar-refractivity contribution in [3.63, 3.8) is 0 Å². The number of hydrogen-bond acceptors (Lipinski definition) is 2. The van der Waals surface area contributed by atoms with Crippen LogP contribution in [0.5, 0.6) is 11.5 Å². The van der Waals surface area contributed by atoms with Gasteiger partial charge in [-0.05, 0) is 43.2 Å². The molecule has 0 spiro atoms. The summed E-state index contributed by atoms with van der Waals surface area (Å²) < 4.78 is 6.78. The van der Waals surface area contributed by atoms with Crippen molar-refractivity contribution in [3.8, 4) is 11.5 Å². The number of halogens is 3. The number of hydrogen-bond donors (Lipinski definition) is 1. The van der Waals surface area contributed by atoms with Crippen LogP contribution in [0.3, 0.4) is 0 Å². The van der Waals surface area contributed by atoms with Crippen molar-refractivity contribution < 1.29 is 4.74 Å². The molecule has 0 aliphatic carbocycles. The predicted molar refractivity (Wildman–Crippen MR) is 88.0 cm³/mol. The van der Waals surface area contributed by atoms with Crippen molar-refractivity contribution in [1.29, 1.82) is 0 Å². The molecule has 0 saturated heterocycles. The summed E-state index contributed by atoms with van der Waals surface area (Å²) in [5.74, 6) is 1.17. The van der Waals surface area contributed by atoms with Crippen molar-refractivity contribution in [1.82, 2.24) is 0 Å². The lowest BCUT2D eigenvalue weighted by Gasteiger charge is -2.15. The maximum absolute atomic E-state index is 6.23. The Morgan fingerprint density at radius 2 is 1.95 bits per heavy atom. The molecule has 0 amide bonds. The van der Waals surface area contributed by atoms with Gasteiger partial charge in [-0.3, -0.25) is 0 Å². The van der Waals surface area contributed by atoms with Gasteiger partial charge in [0.15, 0.2) is 0 Å². The van der Waals surface area contributed by atoms with Gasteiger partial charge in [0.05, 0.1) is 10.0 Å². The first kappa shape index (κ1) is 15.6. The fraction of sp³-hybridized carbons (Fsp3) is 0.200. The van der Waals surface area contributed by atoms with Gasteiger partial charge in [0.1, 0.15) is 11.5 Å². The van der Waals surface area contributed by atoms with Crippen LogP contribution in [0.2, 0.25) is 10.0 Å². The molecule has 2 nitrogen and oxygen atoms in total. The second kappa shape index (κ2) is 6.81. The van der Waals surface area contributed by atoms with Crippen LogP contribution in [0.1, 0.15) is 12.5 Å². The van der Waals surface area contributed by atoms with E-state index in [9.17, 15) is 0 Å². The first-order chi connectivity index (χ1) is 9.47. The second-order valence-corrected chi connectivity index (χ2v) is 6.32. The summed E-state index contributed by atoms with van der Waals surface area (Å²) in [5, 5.41) is 1.06. The molecule has 0 radical (unpaired) electrons. The average molecular weight is 375 g/mol. The summed E-state index contributed by atoms with van der Waals surface area (Å²) in [4.78, 5) is 0. The molecule has 2 aromatic rings. The number of para-hydroxylation sites is 1. The van der Waals surface area contributed by atoms with Crippen molar-refractivity contribution in [2.24, 2.45) is 5.73 Å². The molecule has 0 saturated carbocycles. The number of benzene rings is 2. The molecule has 0 fully saturated rings. The number of rotatable bonds is 4. The Hall–Kier alpha value is -0.740. The summed E-state index contributed by atoms with van der Waals surface area (Å²) in [6.07, 6.45) is 0.685. The highest BCUT2D eigenvalue weighted by Crippen LogP contribution is 2.37. The highest BCUT2D eigenvalue weighted by atomic mass is 79.9. The fourth-order valence-corrected chi connectivity index (χ4v) is 2.79. The zero-order chi connectivity index (χ0) is 14.7. The van der Waals surface area contributed by atoms with Gasteiger partial charge in [0.25, 0.3) is 0 Å². The Labute approximate surface area is 137 Å². The minimum Gasteiger partial charge on any atom is -0.454 e. The molecule has 20 heavy (non-hydrogen) atoms. The van der Waals surface area contributed by atoms with E-state index in [4.69, 9.17) is 33.7 Å². The molecule has 106 valence electrons. The van der Waals surface area contributed by atoms with E-state index in [1.165, 1.54) is 0 Å². The van der Waals surface area contributed by atoms with Gasteiger partial charge >= 0.3 is 0 Å². The molecule has 0 aliphatic rings. The van der Waals surface area contributed by atoms with E-state index in [1.807, 2.05) is 25.1 Å². The maximum Gasteiger partial charge on any atom is 0.149 e. The summed E-state index contributed by atoms with van der Waals surface area (Å²) in [5.41, 5.74) is 6.82. The van der Waals surface area contributed by atoms with Crippen molar-refractivity contribution in [2.75, 3.05) is 0 Å². The molecule has 0 aliphatic heterocycles. The highest BCUT2D eigenvalue weighted by Gasteiger charge is 2.13. The maximum atomic E-state index is 6.23. The molecule has 1 atom stereocenters. The van der Waals surface area contributed by atoms with Crippen molar-refractivity contribution in [2.45, 2.75) is 19.4 Å². The molecule has 2 rings (SSSR count). The summed E-state index contributed by atoms with van der Waals surface area (Å²) in [6.45, 7) is 1.94. The van der Waals surface area contributed by atoms with Crippen LogP contribution in [0.25, 0.3) is 0 Å². The Kier molecular flexibility index (Phi) is 5.33. The summed E-state index contributed by atoms with van der Waals surface area (Å²) >= 11 is 15.8. The van der Waals surface area contributed by atoms with Gasteiger partial charge < -0.3 is 10.5 Å². The first-order valence-corrected chi connectivity index (χ1v) is 7.68. The van der Waals surface area contributed by atoms with E-state index in [0.29, 0.717) is 28.0 Å². The third-order valence-corrected chi connectivity index (χ3v) is 3.78. The Morgan fingerprint density at radius 1 is 1.20 bits per heavy atom. The zero-order valence-electron chi connectivity index (χ0n) is 10.9. The van der Waals surface area contributed by atoms with E-state index < -0.39 is 0 Å². The van der Waals surface area contributed by atoms with Gasteiger partial charge in [-0.25, -0.2) is 0 Å². The monoisotopic (exact) mass is 373 g/mol. The topological polar surface area (TPSA) is 35.2 Å². The van der Waals surface area contributed by atoms with Gasteiger partial charge in [-0.2, -0.15) is 0 Å². The molecule has 0 heterocycles. The van der Waals surface area contributed by atoms with Crippen LogP contribution in [0, 0.1) is 0 Å². The SMILES string of the molecule is CC(N)Cc1cccc(Cl)c1Oc1ccc(Br)cc1Cl. The van der Waals surface area contributed by atoms with E-state index in [-0.39, 0.29) is 6.04 Å². The van der Waals surface area contributed by atoms with Gasteiger partial charge in [0, 0.05) is 10.5 Å². The summed E-state index contributed by atoms with van der Waals surface area (Å²) in [7, 11) is 0. The molecular weight excluding hydrogens is 361 g/mol. The lowest BCUT2D eigenvalue weighted by Crippen LogP contribution is -2.18. The summed E-state index contributed by atoms with van der Waals surface area (Å²) in [6, 6.07) is 11.1. The van der Waals surface area contributed by atoms with Crippen LogP contribution in [-0.2, 0) is 6.42 Å². The van der Waals surface area contributed by atoms with E-state index >= 15 is 0 Å². The molecule has 5 heteroatoms. The molecular formula is C15H14BrCl2NO. The minimum absolute atomic E-state index is 0.0243. The van der Waals surface area contributed by atoms with Crippen LogP contribution >= 0.6 is 39.1 Å². The largest absolute Gasteiger partial charge is 0.454 e. The first-order valence-electron chi connectivity index (χ1n) is 6.13. The van der Waals surface area contributed by atoms with Gasteiger partial charge in [-0.1, -0.05) is 51.3 Å². The van der Waals surface area contributed by atoms with Crippen molar-refractivity contribution >= 4 is 39.1 Å². The normalized spacial score (nSPS) is 12.2. The number of ether oxygens (including phenoxy) is 1. The van der Waals surface area contributed by atoms with Crippen molar-refractivity contribution in [3.05, 3.63) is 56.5 Å². The second-order valence-electron chi connectivity index (χ2n) is 4.59. The number of nitrogens with two attached hydrogens (primary N) is 1. The Morgan fingerprint density at radius 3 is 2.60 bits per heavy atom. The van der Waals surface area contributed by atoms with Crippen LogP contribution in [-0.4, -0.2) is 6.04 Å². The fourth-order valence-electron chi connectivity index (χ4n) is 1.84. The zero-order valence-corrected chi connectivity index (χ0v) is 14.0. The Bertz CT molecular complexity index is 617. The third-order valence-electron chi connectivity index (χ3n) is 2.70. The molecule has 2 N–H and O–H groups in total. The highest BCUT2D eigenvalue weighted by molar-refractivity contribution is 9.10. The molecule has 1 unspecified atom stereocenters. The van der Waals surface area contributed by atoms with Crippen LogP contribution in [0.15, 0.2) is 40.9 Å². The van der Waals surface area contributed by atoms with E-state index in [1.54, 1.807) is 18.2 Å². The van der Waals surface area contributed by atoms with E-state index in [0.717, 1.165) is 10.0 Å². The smallest absolute Gasteiger partial charge is 0.149 e. The standard InChI is InChI=1S/C15H14BrCl2NO/c1-9(19)7-10-3-2-4-12(17)15(10)20-14-6-5-11(16)8-13(14)18/h2-6,8-9H,7,19H2,1H3. The van der Waals surface area contributed by atoms with Gasteiger partial charge in [-0.15, -0.1) is 0 Å². The third kappa shape index (κ3) is 3.89.